The third kappa shape index (κ3) is 2.96. The minimum Gasteiger partial charge on any atom is -0.277 e. The number of nitro benzene ring substituents is 1. The second kappa shape index (κ2) is 7.25. The molecule has 6 nitrogen and oxygen atoms in total. The van der Waals surface area contributed by atoms with E-state index in [1.54, 1.807) is 0 Å². The number of amides is 2. The first-order valence-electron chi connectivity index (χ1n) is 6.14. The molecule has 104 valence electrons. The first kappa shape index (κ1) is 16.8. The third-order valence-corrected chi connectivity index (χ3v) is 2.29. The zero-order chi connectivity index (χ0) is 15.2. The summed E-state index contributed by atoms with van der Waals surface area (Å²) < 4.78 is 0. The fourth-order valence-electron chi connectivity index (χ4n) is 1.54. The minimum absolute atomic E-state index is 0.0942. The smallest absolute Gasteiger partial charge is 0.277 e. The Morgan fingerprint density at radius 2 is 1.58 bits per heavy atom. The van der Waals surface area contributed by atoms with Gasteiger partial charge in [0.25, 0.3) is 17.5 Å². The van der Waals surface area contributed by atoms with Gasteiger partial charge >= 0.3 is 0 Å². The molecule has 6 heteroatoms. The molecule has 0 spiro atoms. The first-order valence-corrected chi connectivity index (χ1v) is 6.14. The van der Waals surface area contributed by atoms with Crippen molar-refractivity contribution in [1.82, 2.24) is 4.90 Å². The summed E-state index contributed by atoms with van der Waals surface area (Å²) in [5, 5.41) is 10.6. The number of carbonyl (C=O) groups is 2. The van der Waals surface area contributed by atoms with E-state index in [0.717, 1.165) is 4.90 Å². The molecular weight excluding hydrogens is 248 g/mol. The highest BCUT2D eigenvalue weighted by atomic mass is 16.6. The highest BCUT2D eigenvalue weighted by molar-refractivity contribution is 6.22. The minimum atomic E-state index is -0.664. The van der Waals surface area contributed by atoms with Crippen LogP contribution in [0.5, 0.6) is 0 Å². The number of hydrogen-bond acceptors (Lipinski definition) is 4. The Morgan fingerprint density at radius 3 is 2.05 bits per heavy atom. The van der Waals surface area contributed by atoms with E-state index in [2.05, 4.69) is 0 Å². The topological polar surface area (TPSA) is 80.5 Å². The van der Waals surface area contributed by atoms with Crippen molar-refractivity contribution < 1.29 is 14.5 Å². The quantitative estimate of drug-likeness (QED) is 0.444. The number of benzene rings is 1. The molecule has 2 rings (SSSR count). The maximum absolute atomic E-state index is 11.5. The molecule has 1 aliphatic heterocycles. The predicted octanol–water partition coefficient (Wildman–Crippen LogP) is 2.87. The summed E-state index contributed by atoms with van der Waals surface area (Å²) in [6.45, 7) is 8.00. The van der Waals surface area contributed by atoms with Crippen LogP contribution in [0.25, 0.3) is 0 Å². The lowest BCUT2D eigenvalue weighted by molar-refractivity contribution is -0.385. The molecule has 1 aromatic rings. The van der Waals surface area contributed by atoms with Gasteiger partial charge in [-0.3, -0.25) is 24.6 Å². The number of carbonyl (C=O) groups excluding carboxylic acids is 2. The number of rotatable bonds is 1. The zero-order valence-electron chi connectivity index (χ0n) is 11.8. The number of imide groups is 1. The predicted molar refractivity (Wildman–Crippen MR) is 72.2 cm³/mol. The van der Waals surface area contributed by atoms with Crippen molar-refractivity contribution in [3.63, 3.8) is 0 Å². The summed E-state index contributed by atoms with van der Waals surface area (Å²) in [7, 11) is 1.30. The van der Waals surface area contributed by atoms with Crippen LogP contribution >= 0.6 is 0 Å². The lowest BCUT2D eigenvalue weighted by atomic mass is 10.1. The molecule has 0 radical (unpaired) electrons. The van der Waals surface area contributed by atoms with Gasteiger partial charge in [0.05, 0.1) is 10.5 Å². The molecule has 1 aliphatic rings. The second-order valence-corrected chi connectivity index (χ2v) is 3.13. The van der Waals surface area contributed by atoms with Gasteiger partial charge in [-0.1, -0.05) is 33.8 Å². The van der Waals surface area contributed by atoms with E-state index in [0.29, 0.717) is 0 Å². The van der Waals surface area contributed by atoms with E-state index >= 15 is 0 Å². The molecule has 0 fully saturated rings. The fraction of sp³-hybridized carbons (Fsp3) is 0.385. The molecule has 0 saturated heterocycles. The number of nitrogens with zero attached hydrogens (tertiary/aromatic N) is 2. The van der Waals surface area contributed by atoms with Crippen molar-refractivity contribution >= 4 is 17.5 Å². The molecule has 1 heterocycles. The SMILES string of the molecule is CC.CC.CN1C(=O)c2cccc([N+](=O)[O-])c2C1=O. The van der Waals surface area contributed by atoms with Crippen molar-refractivity contribution in [2.75, 3.05) is 7.05 Å². The van der Waals surface area contributed by atoms with Gasteiger partial charge < -0.3 is 0 Å². The van der Waals surface area contributed by atoms with Crippen molar-refractivity contribution in [1.29, 1.82) is 0 Å². The van der Waals surface area contributed by atoms with E-state index in [-0.39, 0.29) is 16.8 Å². The normalized spacial score (nSPS) is 11.9. The molecule has 0 aliphatic carbocycles. The summed E-state index contributed by atoms with van der Waals surface area (Å²) >= 11 is 0. The van der Waals surface area contributed by atoms with Crippen molar-refractivity contribution in [3.8, 4) is 0 Å². The highest BCUT2D eigenvalue weighted by Crippen LogP contribution is 2.29. The van der Waals surface area contributed by atoms with Crippen LogP contribution in [0.4, 0.5) is 5.69 Å². The molecule has 0 bridgehead atoms. The molecular formula is C13H18N2O4. The van der Waals surface area contributed by atoms with Crippen LogP contribution in [0, 0.1) is 10.1 Å². The zero-order valence-corrected chi connectivity index (χ0v) is 11.8. The summed E-state index contributed by atoms with van der Waals surface area (Å²) in [5.74, 6) is -1.12. The lowest BCUT2D eigenvalue weighted by Crippen LogP contribution is -2.24. The highest BCUT2D eigenvalue weighted by Gasteiger charge is 2.38. The maximum Gasteiger partial charge on any atom is 0.282 e. The fourth-order valence-corrected chi connectivity index (χ4v) is 1.54. The van der Waals surface area contributed by atoms with Crippen LogP contribution in [-0.4, -0.2) is 28.7 Å². The van der Waals surface area contributed by atoms with Gasteiger partial charge in [-0.05, 0) is 6.07 Å². The van der Waals surface area contributed by atoms with Crippen molar-refractivity contribution in [2.45, 2.75) is 27.7 Å². The molecule has 0 atom stereocenters. The Bertz CT molecular complexity index is 497. The standard InChI is InChI=1S/C9H6N2O4.2C2H6/c1-10-8(12)5-3-2-4-6(11(14)15)7(5)9(10)13;2*1-2/h2-4H,1H3;2*1-2H3. The number of fused-ring (bicyclic) bond motifs is 1. The largest absolute Gasteiger partial charge is 0.282 e. The Hall–Kier alpha value is -2.24. The maximum atomic E-state index is 11.5. The van der Waals surface area contributed by atoms with Gasteiger partial charge in [0.1, 0.15) is 5.56 Å². The van der Waals surface area contributed by atoms with Crippen LogP contribution in [0.3, 0.4) is 0 Å². The molecule has 0 aromatic heterocycles. The molecule has 1 aromatic carbocycles. The summed E-state index contributed by atoms with van der Waals surface area (Å²) in [6.07, 6.45) is 0. The van der Waals surface area contributed by atoms with Gasteiger partial charge in [0.15, 0.2) is 0 Å². The molecule has 2 amide bonds. The van der Waals surface area contributed by atoms with Gasteiger partial charge in [0.2, 0.25) is 0 Å². The van der Waals surface area contributed by atoms with Gasteiger partial charge in [-0.25, -0.2) is 0 Å². The Kier molecular flexibility index (Phi) is 6.40. The van der Waals surface area contributed by atoms with E-state index in [4.69, 9.17) is 0 Å². The van der Waals surface area contributed by atoms with Crippen LogP contribution in [0.1, 0.15) is 48.4 Å². The van der Waals surface area contributed by atoms with Gasteiger partial charge in [-0.2, -0.15) is 0 Å². The van der Waals surface area contributed by atoms with E-state index in [9.17, 15) is 19.7 Å². The van der Waals surface area contributed by atoms with Crippen LogP contribution in [0.15, 0.2) is 18.2 Å². The molecule has 19 heavy (non-hydrogen) atoms. The van der Waals surface area contributed by atoms with Crippen molar-refractivity contribution in [3.05, 3.63) is 39.4 Å². The Morgan fingerprint density at radius 1 is 1.05 bits per heavy atom. The van der Waals surface area contributed by atoms with E-state index in [1.165, 1.54) is 25.2 Å². The Labute approximate surface area is 112 Å². The third-order valence-electron chi connectivity index (χ3n) is 2.29. The number of hydrogen-bond donors (Lipinski definition) is 0. The van der Waals surface area contributed by atoms with Crippen LogP contribution < -0.4 is 0 Å². The van der Waals surface area contributed by atoms with Crippen LogP contribution in [0.2, 0.25) is 0 Å². The lowest BCUT2D eigenvalue weighted by Gasteiger charge is -2.02. The molecule has 0 N–H and O–H groups in total. The summed E-state index contributed by atoms with van der Waals surface area (Å²) in [6, 6.07) is 4.01. The molecule has 0 unspecified atom stereocenters. The summed E-state index contributed by atoms with van der Waals surface area (Å²) in [4.78, 5) is 33.8. The monoisotopic (exact) mass is 266 g/mol. The Balaban J connectivity index is 0.000000741. The molecule has 0 saturated carbocycles. The van der Waals surface area contributed by atoms with E-state index < -0.39 is 16.7 Å². The van der Waals surface area contributed by atoms with Gasteiger partial charge in [0, 0.05) is 13.1 Å². The average Bonchev–Trinajstić information content (AvgIpc) is 2.68. The van der Waals surface area contributed by atoms with E-state index in [1.807, 2.05) is 27.7 Å². The second-order valence-electron chi connectivity index (χ2n) is 3.13. The van der Waals surface area contributed by atoms with Crippen LogP contribution in [-0.2, 0) is 0 Å². The number of nitro groups is 1. The van der Waals surface area contributed by atoms with Gasteiger partial charge in [-0.15, -0.1) is 0 Å². The average molecular weight is 266 g/mol. The first-order chi connectivity index (χ1) is 9.04. The summed E-state index contributed by atoms with van der Waals surface area (Å²) in [5.41, 5.74) is -0.345. The van der Waals surface area contributed by atoms with Crippen molar-refractivity contribution in [2.24, 2.45) is 0 Å².